The number of amides is 2. The van der Waals surface area contributed by atoms with Gasteiger partial charge in [0.15, 0.2) is 0 Å². The van der Waals surface area contributed by atoms with Gasteiger partial charge < -0.3 is 10.2 Å². The second kappa shape index (κ2) is 4.64. The molecule has 0 aromatic rings. The minimum absolute atomic E-state index is 0.0698. The molecule has 1 N–H and O–H groups in total. The van der Waals surface area contributed by atoms with Crippen LogP contribution in [0.1, 0.15) is 41.0 Å². The van der Waals surface area contributed by atoms with Crippen LogP contribution in [-0.4, -0.2) is 33.6 Å². The van der Waals surface area contributed by atoms with Gasteiger partial charge in [-0.25, -0.2) is 4.79 Å². The van der Waals surface area contributed by atoms with E-state index >= 15 is 0 Å². The summed E-state index contributed by atoms with van der Waals surface area (Å²) in [7, 11) is 0. The predicted octanol–water partition coefficient (Wildman–Crippen LogP) is 2.67. The van der Waals surface area contributed by atoms with Crippen LogP contribution in [0, 0.1) is 0 Å². The molecule has 1 heterocycles. The van der Waals surface area contributed by atoms with Crippen molar-refractivity contribution in [2.24, 2.45) is 0 Å². The molecule has 1 rings (SSSR count). The van der Waals surface area contributed by atoms with Crippen LogP contribution in [0.5, 0.6) is 0 Å². The highest BCUT2D eigenvalue weighted by Gasteiger charge is 2.42. The highest BCUT2D eigenvalue weighted by Crippen LogP contribution is 2.39. The highest BCUT2D eigenvalue weighted by molar-refractivity contribution is 8.00. The summed E-state index contributed by atoms with van der Waals surface area (Å²) in [5.74, 6) is 1.05. The molecule has 0 spiro atoms. The van der Waals surface area contributed by atoms with Crippen LogP contribution < -0.4 is 5.32 Å². The van der Waals surface area contributed by atoms with E-state index in [1.54, 1.807) is 0 Å². The molecule has 0 radical (unpaired) electrons. The van der Waals surface area contributed by atoms with Gasteiger partial charge in [-0.05, 0) is 34.1 Å². The van der Waals surface area contributed by atoms with E-state index in [0.717, 1.165) is 12.2 Å². The first-order chi connectivity index (χ1) is 6.88. The van der Waals surface area contributed by atoms with Gasteiger partial charge in [0.1, 0.15) is 0 Å². The van der Waals surface area contributed by atoms with Crippen LogP contribution in [0.2, 0.25) is 0 Å². The van der Waals surface area contributed by atoms with Gasteiger partial charge >= 0.3 is 6.03 Å². The summed E-state index contributed by atoms with van der Waals surface area (Å²) in [5, 5.41) is 2.98. The van der Waals surface area contributed by atoms with Crippen molar-refractivity contribution in [3.8, 4) is 0 Å². The summed E-state index contributed by atoms with van der Waals surface area (Å²) in [4.78, 5) is 14.0. The first-order valence-electron chi connectivity index (χ1n) is 5.62. The molecular weight excluding hydrogens is 208 g/mol. The van der Waals surface area contributed by atoms with E-state index in [2.05, 4.69) is 26.1 Å². The maximum Gasteiger partial charge on any atom is 0.318 e. The Kier molecular flexibility index (Phi) is 3.93. The predicted molar refractivity (Wildman–Crippen MR) is 66.1 cm³/mol. The Labute approximate surface area is 97.0 Å². The van der Waals surface area contributed by atoms with Gasteiger partial charge in [-0.2, -0.15) is 0 Å². The molecule has 3 nitrogen and oxygen atoms in total. The second-order valence-corrected chi connectivity index (χ2v) is 6.42. The maximum absolute atomic E-state index is 12.0. The molecule has 0 aromatic heterocycles. The SMILES string of the molecule is CCC1CSC(C)(C)N1C(=O)NC(C)C. The Balaban J connectivity index is 2.74. The number of nitrogens with one attached hydrogen (secondary N) is 1. The summed E-state index contributed by atoms with van der Waals surface area (Å²) in [6.45, 7) is 10.4. The van der Waals surface area contributed by atoms with Crippen molar-refractivity contribution < 1.29 is 4.79 Å². The number of rotatable bonds is 2. The molecule has 0 aliphatic carbocycles. The first kappa shape index (κ1) is 12.7. The van der Waals surface area contributed by atoms with E-state index < -0.39 is 0 Å². The largest absolute Gasteiger partial charge is 0.336 e. The van der Waals surface area contributed by atoms with Gasteiger partial charge in [-0.3, -0.25) is 0 Å². The van der Waals surface area contributed by atoms with Crippen molar-refractivity contribution in [2.75, 3.05) is 5.75 Å². The Morgan fingerprint density at radius 2 is 2.20 bits per heavy atom. The van der Waals surface area contributed by atoms with E-state index in [0.29, 0.717) is 6.04 Å². The Morgan fingerprint density at radius 3 is 2.67 bits per heavy atom. The molecule has 0 saturated carbocycles. The fourth-order valence-corrected chi connectivity index (χ4v) is 3.27. The number of nitrogens with zero attached hydrogens (tertiary/aromatic N) is 1. The topological polar surface area (TPSA) is 32.3 Å². The molecule has 0 bridgehead atoms. The number of hydrogen-bond donors (Lipinski definition) is 1. The fourth-order valence-electron chi connectivity index (χ4n) is 1.91. The molecule has 1 atom stereocenters. The Hall–Kier alpha value is -0.380. The van der Waals surface area contributed by atoms with Crippen LogP contribution >= 0.6 is 11.8 Å². The molecule has 4 heteroatoms. The van der Waals surface area contributed by atoms with Crippen molar-refractivity contribution in [3.05, 3.63) is 0 Å². The van der Waals surface area contributed by atoms with Gasteiger partial charge in [0.25, 0.3) is 0 Å². The zero-order valence-corrected chi connectivity index (χ0v) is 11.1. The third kappa shape index (κ3) is 2.80. The molecule has 1 saturated heterocycles. The number of thioether (sulfide) groups is 1. The zero-order chi connectivity index (χ0) is 11.6. The summed E-state index contributed by atoms with van der Waals surface area (Å²) in [6.07, 6.45) is 1.03. The molecule has 88 valence electrons. The maximum atomic E-state index is 12.0. The highest BCUT2D eigenvalue weighted by atomic mass is 32.2. The summed E-state index contributed by atoms with van der Waals surface area (Å²) < 4.78 is 0. The average molecular weight is 230 g/mol. The lowest BCUT2D eigenvalue weighted by Gasteiger charge is -2.35. The van der Waals surface area contributed by atoms with Crippen LogP contribution in [0.4, 0.5) is 4.79 Å². The monoisotopic (exact) mass is 230 g/mol. The fraction of sp³-hybridized carbons (Fsp3) is 0.909. The lowest BCUT2D eigenvalue weighted by Crippen LogP contribution is -2.52. The van der Waals surface area contributed by atoms with E-state index in [-0.39, 0.29) is 16.9 Å². The quantitative estimate of drug-likeness (QED) is 0.791. The van der Waals surface area contributed by atoms with Crippen LogP contribution in [0.25, 0.3) is 0 Å². The molecule has 1 unspecified atom stereocenters. The molecule has 0 aromatic carbocycles. The van der Waals surface area contributed by atoms with Crippen molar-refractivity contribution in [1.29, 1.82) is 0 Å². The standard InChI is InChI=1S/C11H22N2OS/c1-6-9-7-15-11(4,5)13(9)10(14)12-8(2)3/h8-9H,6-7H2,1-5H3,(H,12,14). The smallest absolute Gasteiger partial charge is 0.318 e. The van der Waals surface area contributed by atoms with Gasteiger partial charge in [-0.1, -0.05) is 6.92 Å². The summed E-state index contributed by atoms with van der Waals surface area (Å²) in [6, 6.07) is 0.659. The first-order valence-corrected chi connectivity index (χ1v) is 6.60. The molecule has 15 heavy (non-hydrogen) atoms. The lowest BCUT2D eigenvalue weighted by molar-refractivity contribution is 0.154. The molecule has 1 fully saturated rings. The van der Waals surface area contributed by atoms with Crippen LogP contribution in [0.3, 0.4) is 0 Å². The molecule has 2 amide bonds. The van der Waals surface area contributed by atoms with Crippen molar-refractivity contribution in [3.63, 3.8) is 0 Å². The number of urea groups is 1. The third-order valence-corrected chi connectivity index (χ3v) is 4.13. The summed E-state index contributed by atoms with van der Waals surface area (Å²) >= 11 is 1.86. The molecule has 1 aliphatic heterocycles. The van der Waals surface area contributed by atoms with E-state index in [1.165, 1.54) is 0 Å². The second-order valence-electron chi connectivity index (χ2n) is 4.79. The zero-order valence-electron chi connectivity index (χ0n) is 10.3. The average Bonchev–Trinajstić information content (AvgIpc) is 2.39. The van der Waals surface area contributed by atoms with Crippen molar-refractivity contribution >= 4 is 17.8 Å². The number of carbonyl (C=O) groups excluding carboxylic acids is 1. The van der Waals surface area contributed by atoms with E-state index in [4.69, 9.17) is 0 Å². The van der Waals surface area contributed by atoms with Crippen molar-refractivity contribution in [1.82, 2.24) is 10.2 Å². The number of carbonyl (C=O) groups is 1. The van der Waals surface area contributed by atoms with Gasteiger partial charge in [-0.15, -0.1) is 11.8 Å². The normalized spacial score (nSPS) is 24.7. The molecule has 1 aliphatic rings. The minimum atomic E-state index is -0.0698. The van der Waals surface area contributed by atoms with E-state index in [9.17, 15) is 4.79 Å². The third-order valence-electron chi connectivity index (χ3n) is 2.68. The minimum Gasteiger partial charge on any atom is -0.336 e. The Bertz CT molecular complexity index is 241. The number of hydrogen-bond acceptors (Lipinski definition) is 2. The van der Waals surface area contributed by atoms with Crippen LogP contribution in [0.15, 0.2) is 0 Å². The van der Waals surface area contributed by atoms with Crippen molar-refractivity contribution in [2.45, 2.75) is 58.0 Å². The Morgan fingerprint density at radius 1 is 1.60 bits per heavy atom. The summed E-state index contributed by atoms with van der Waals surface area (Å²) in [5.41, 5.74) is 0. The lowest BCUT2D eigenvalue weighted by atomic mass is 10.2. The van der Waals surface area contributed by atoms with Crippen LogP contribution in [-0.2, 0) is 0 Å². The van der Waals surface area contributed by atoms with E-state index in [1.807, 2.05) is 30.5 Å². The van der Waals surface area contributed by atoms with Gasteiger partial charge in [0.05, 0.1) is 4.87 Å². The van der Waals surface area contributed by atoms with Gasteiger partial charge in [0.2, 0.25) is 0 Å². The molecular formula is C11H22N2OS. The van der Waals surface area contributed by atoms with Gasteiger partial charge in [0, 0.05) is 17.8 Å².